The predicted octanol–water partition coefficient (Wildman–Crippen LogP) is 3.76. The predicted molar refractivity (Wildman–Crippen MR) is 85.9 cm³/mol. The Morgan fingerprint density at radius 1 is 1.30 bits per heavy atom. The maximum absolute atomic E-state index is 11.1. The van der Waals surface area contributed by atoms with Crippen LogP contribution in [0.3, 0.4) is 0 Å². The standard InChI is InChI=1S/C16H15NO5S/c1-20-14-2-4-15(5-3-14)23-9-12-7-13(17(18)19)6-11-8-21-10-22-16(11)12/h2-7H,8-10H2,1H3. The molecule has 0 unspecified atom stereocenters. The molecule has 3 rings (SSSR count). The Kier molecular flexibility index (Phi) is 4.68. The molecular weight excluding hydrogens is 318 g/mol. The third-order valence-electron chi connectivity index (χ3n) is 3.44. The van der Waals surface area contributed by atoms with E-state index in [1.165, 1.54) is 6.07 Å². The highest BCUT2D eigenvalue weighted by molar-refractivity contribution is 7.98. The van der Waals surface area contributed by atoms with Crippen LogP contribution in [0.15, 0.2) is 41.3 Å². The number of methoxy groups -OCH3 is 1. The van der Waals surface area contributed by atoms with Crippen LogP contribution in [0.5, 0.6) is 11.5 Å². The normalized spacial score (nSPS) is 13.1. The summed E-state index contributed by atoms with van der Waals surface area (Å²) in [4.78, 5) is 11.7. The van der Waals surface area contributed by atoms with Gasteiger partial charge in [0.05, 0.1) is 18.6 Å². The van der Waals surface area contributed by atoms with Crippen LogP contribution >= 0.6 is 11.8 Å². The van der Waals surface area contributed by atoms with Gasteiger partial charge < -0.3 is 14.2 Å². The quantitative estimate of drug-likeness (QED) is 0.471. The maximum atomic E-state index is 11.1. The molecule has 1 aliphatic heterocycles. The van der Waals surface area contributed by atoms with Crippen LogP contribution in [-0.4, -0.2) is 18.8 Å². The van der Waals surface area contributed by atoms with Gasteiger partial charge in [-0.25, -0.2) is 0 Å². The molecule has 1 aliphatic rings. The number of hydrogen-bond acceptors (Lipinski definition) is 6. The van der Waals surface area contributed by atoms with Gasteiger partial charge in [0.15, 0.2) is 6.79 Å². The fourth-order valence-electron chi connectivity index (χ4n) is 2.33. The SMILES string of the molecule is COc1ccc(SCc2cc([N+](=O)[O-])cc3c2OCOC3)cc1. The largest absolute Gasteiger partial charge is 0.497 e. The lowest BCUT2D eigenvalue weighted by Crippen LogP contribution is -2.13. The number of fused-ring (bicyclic) bond motifs is 1. The average Bonchev–Trinajstić information content (AvgIpc) is 2.59. The zero-order valence-corrected chi connectivity index (χ0v) is 13.3. The molecule has 0 radical (unpaired) electrons. The molecular formula is C16H15NO5S. The molecule has 0 fully saturated rings. The summed E-state index contributed by atoms with van der Waals surface area (Å²) in [5.74, 6) is 2.07. The van der Waals surface area contributed by atoms with Crippen molar-refractivity contribution in [3.8, 4) is 11.5 Å². The number of non-ortho nitro benzene ring substituents is 1. The number of thioether (sulfide) groups is 1. The lowest BCUT2D eigenvalue weighted by molar-refractivity contribution is -0.385. The summed E-state index contributed by atoms with van der Waals surface area (Å²) in [5, 5.41) is 11.1. The maximum Gasteiger partial charge on any atom is 0.270 e. The minimum atomic E-state index is -0.392. The second-order valence-corrected chi connectivity index (χ2v) is 5.97. The van der Waals surface area contributed by atoms with E-state index < -0.39 is 4.92 Å². The van der Waals surface area contributed by atoms with E-state index in [0.717, 1.165) is 21.8 Å². The van der Waals surface area contributed by atoms with Gasteiger partial charge in [0, 0.05) is 33.9 Å². The van der Waals surface area contributed by atoms with Gasteiger partial charge >= 0.3 is 0 Å². The first-order valence-electron chi connectivity index (χ1n) is 6.95. The molecule has 2 aromatic rings. The summed E-state index contributed by atoms with van der Waals surface area (Å²) < 4.78 is 15.9. The third kappa shape index (κ3) is 3.57. The average molecular weight is 333 g/mol. The zero-order valence-electron chi connectivity index (χ0n) is 12.5. The number of nitrogens with zero attached hydrogens (tertiary/aromatic N) is 1. The van der Waals surface area contributed by atoms with Crippen molar-refractivity contribution in [2.45, 2.75) is 17.3 Å². The number of benzene rings is 2. The molecule has 0 aliphatic carbocycles. The summed E-state index contributed by atoms with van der Waals surface area (Å²) in [6.07, 6.45) is 0. The van der Waals surface area contributed by atoms with Gasteiger partial charge in [-0.1, -0.05) is 0 Å². The van der Waals surface area contributed by atoms with Crippen LogP contribution in [0.2, 0.25) is 0 Å². The molecule has 23 heavy (non-hydrogen) atoms. The van der Waals surface area contributed by atoms with Crippen molar-refractivity contribution in [2.75, 3.05) is 13.9 Å². The molecule has 2 aromatic carbocycles. The Morgan fingerprint density at radius 3 is 2.78 bits per heavy atom. The Balaban J connectivity index is 1.83. The summed E-state index contributed by atoms with van der Waals surface area (Å²) in [6, 6.07) is 10.8. The van der Waals surface area contributed by atoms with Crippen LogP contribution in [-0.2, 0) is 17.1 Å². The fourth-order valence-corrected chi connectivity index (χ4v) is 3.19. The number of hydrogen-bond donors (Lipinski definition) is 0. The van der Waals surface area contributed by atoms with E-state index in [1.54, 1.807) is 24.9 Å². The third-order valence-corrected chi connectivity index (χ3v) is 4.50. The Morgan fingerprint density at radius 2 is 2.09 bits per heavy atom. The second kappa shape index (κ2) is 6.89. The van der Waals surface area contributed by atoms with Crippen molar-refractivity contribution >= 4 is 17.4 Å². The number of nitro benzene ring substituents is 1. The van der Waals surface area contributed by atoms with E-state index in [9.17, 15) is 10.1 Å². The molecule has 0 aromatic heterocycles. The molecule has 0 N–H and O–H groups in total. The van der Waals surface area contributed by atoms with E-state index in [-0.39, 0.29) is 12.5 Å². The molecule has 0 bridgehead atoms. The molecule has 6 nitrogen and oxygen atoms in total. The first-order chi connectivity index (χ1) is 11.2. The lowest BCUT2D eigenvalue weighted by Gasteiger charge is -2.20. The van der Waals surface area contributed by atoms with Crippen LogP contribution in [0.4, 0.5) is 5.69 Å². The van der Waals surface area contributed by atoms with Crippen LogP contribution in [0.1, 0.15) is 11.1 Å². The zero-order chi connectivity index (χ0) is 16.2. The number of ether oxygens (including phenoxy) is 3. The van der Waals surface area contributed by atoms with Crippen molar-refractivity contribution in [3.05, 3.63) is 57.6 Å². The molecule has 1 heterocycles. The molecule has 0 spiro atoms. The van der Waals surface area contributed by atoms with E-state index in [1.807, 2.05) is 24.3 Å². The van der Waals surface area contributed by atoms with E-state index >= 15 is 0 Å². The highest BCUT2D eigenvalue weighted by atomic mass is 32.2. The van der Waals surface area contributed by atoms with Crippen LogP contribution < -0.4 is 9.47 Å². The Hall–Kier alpha value is -2.25. The van der Waals surface area contributed by atoms with Crippen molar-refractivity contribution in [2.24, 2.45) is 0 Å². The van der Waals surface area contributed by atoms with Gasteiger partial charge in [0.1, 0.15) is 11.5 Å². The second-order valence-electron chi connectivity index (χ2n) is 4.93. The van der Waals surface area contributed by atoms with Crippen LogP contribution in [0, 0.1) is 10.1 Å². The van der Waals surface area contributed by atoms with E-state index in [0.29, 0.717) is 18.1 Å². The Labute approximate surface area is 137 Å². The topological polar surface area (TPSA) is 70.8 Å². The van der Waals surface area contributed by atoms with Crippen molar-refractivity contribution < 1.29 is 19.1 Å². The molecule has 120 valence electrons. The van der Waals surface area contributed by atoms with Gasteiger partial charge in [0.2, 0.25) is 0 Å². The molecule has 7 heteroatoms. The monoisotopic (exact) mass is 333 g/mol. The minimum absolute atomic E-state index is 0.0585. The van der Waals surface area contributed by atoms with Crippen molar-refractivity contribution in [1.82, 2.24) is 0 Å². The molecule has 0 saturated heterocycles. The van der Waals surface area contributed by atoms with Gasteiger partial charge in [-0.3, -0.25) is 10.1 Å². The first kappa shape index (κ1) is 15.6. The minimum Gasteiger partial charge on any atom is -0.497 e. The van der Waals surface area contributed by atoms with E-state index in [4.69, 9.17) is 14.2 Å². The Bertz CT molecular complexity index is 717. The van der Waals surface area contributed by atoms with Crippen molar-refractivity contribution in [3.63, 3.8) is 0 Å². The van der Waals surface area contributed by atoms with Gasteiger partial charge in [-0.2, -0.15) is 0 Å². The van der Waals surface area contributed by atoms with Crippen LogP contribution in [0.25, 0.3) is 0 Å². The summed E-state index contributed by atoms with van der Waals surface area (Å²) in [5.41, 5.74) is 1.58. The summed E-state index contributed by atoms with van der Waals surface area (Å²) in [7, 11) is 1.62. The van der Waals surface area contributed by atoms with Gasteiger partial charge in [0.25, 0.3) is 5.69 Å². The molecule has 0 atom stereocenters. The van der Waals surface area contributed by atoms with Crippen molar-refractivity contribution in [1.29, 1.82) is 0 Å². The lowest BCUT2D eigenvalue weighted by atomic mass is 10.1. The fraction of sp³-hybridized carbons (Fsp3) is 0.250. The van der Waals surface area contributed by atoms with E-state index in [2.05, 4.69) is 0 Å². The van der Waals surface area contributed by atoms with Gasteiger partial charge in [-0.15, -0.1) is 11.8 Å². The number of nitro groups is 1. The molecule has 0 saturated carbocycles. The summed E-state index contributed by atoms with van der Waals surface area (Å²) >= 11 is 1.59. The summed E-state index contributed by atoms with van der Waals surface area (Å²) in [6.45, 7) is 0.502. The number of rotatable bonds is 5. The van der Waals surface area contributed by atoms with Gasteiger partial charge in [-0.05, 0) is 24.3 Å². The molecule has 0 amide bonds. The first-order valence-corrected chi connectivity index (χ1v) is 7.93. The highest BCUT2D eigenvalue weighted by Gasteiger charge is 2.20. The highest BCUT2D eigenvalue weighted by Crippen LogP contribution is 2.36. The smallest absolute Gasteiger partial charge is 0.270 e.